The van der Waals surface area contributed by atoms with Crippen LogP contribution in [-0.2, 0) is 16.0 Å². The summed E-state index contributed by atoms with van der Waals surface area (Å²) in [5.74, 6) is 0.848. The Morgan fingerprint density at radius 1 is 1.21 bits per heavy atom. The Kier molecular flexibility index (Phi) is 8.20. The summed E-state index contributed by atoms with van der Waals surface area (Å²) in [6.45, 7) is 9.57. The molecular weight excluding hydrogens is 458 g/mol. The Morgan fingerprint density at radius 2 is 1.97 bits per heavy atom. The van der Waals surface area contributed by atoms with E-state index in [1.807, 2.05) is 55.1 Å². The highest BCUT2D eigenvalue weighted by Gasteiger charge is 2.22. The van der Waals surface area contributed by atoms with Crippen LogP contribution in [0, 0.1) is 6.92 Å². The Hall–Kier alpha value is -2.19. The summed E-state index contributed by atoms with van der Waals surface area (Å²) >= 11 is 7.93. The zero-order chi connectivity index (χ0) is 23.2. The second-order valence-corrected chi connectivity index (χ2v) is 9.53. The first kappa shape index (κ1) is 24.0. The smallest absolute Gasteiger partial charge is 0.233 e. The third-order valence-electron chi connectivity index (χ3n) is 5.77. The van der Waals surface area contributed by atoms with Gasteiger partial charge in [-0.2, -0.15) is 0 Å². The predicted molar refractivity (Wildman–Crippen MR) is 135 cm³/mol. The summed E-state index contributed by atoms with van der Waals surface area (Å²) in [6, 6.07) is 11.6. The first-order chi connectivity index (χ1) is 16.0. The maximum atomic E-state index is 13.4. The molecule has 0 spiro atoms. The number of morpholine rings is 1. The minimum atomic E-state index is 0.0361. The number of fused-ring (bicyclic) bond motifs is 1. The third-order valence-corrected chi connectivity index (χ3v) is 7.31. The number of carbonyl (C=O) groups excluding carboxylic acids is 1. The van der Waals surface area contributed by atoms with Crippen LogP contribution in [-0.4, -0.2) is 61.8 Å². The van der Waals surface area contributed by atoms with Gasteiger partial charge < -0.3 is 9.47 Å². The van der Waals surface area contributed by atoms with E-state index in [1.54, 1.807) is 0 Å². The van der Waals surface area contributed by atoms with Crippen molar-refractivity contribution in [3.63, 3.8) is 0 Å². The van der Waals surface area contributed by atoms with Gasteiger partial charge >= 0.3 is 0 Å². The fourth-order valence-corrected chi connectivity index (χ4v) is 5.31. The van der Waals surface area contributed by atoms with Gasteiger partial charge in [0.25, 0.3) is 0 Å². The first-order valence-electron chi connectivity index (χ1n) is 11.4. The lowest BCUT2D eigenvalue weighted by Crippen LogP contribution is -2.39. The van der Waals surface area contributed by atoms with Crippen LogP contribution in [0.4, 0.5) is 5.13 Å². The highest BCUT2D eigenvalue weighted by molar-refractivity contribution is 7.23. The number of aryl methyl sites for hydroxylation is 1. The Labute approximate surface area is 204 Å². The summed E-state index contributed by atoms with van der Waals surface area (Å²) in [5, 5.41) is 1.38. The molecule has 1 aromatic heterocycles. The molecule has 8 heteroatoms. The van der Waals surface area contributed by atoms with Crippen molar-refractivity contribution in [1.29, 1.82) is 0 Å². The molecule has 0 atom stereocenters. The number of aromatic nitrogens is 1. The number of nitrogens with zero attached hydrogens (tertiary/aromatic N) is 3. The van der Waals surface area contributed by atoms with Crippen LogP contribution in [0.1, 0.15) is 24.5 Å². The van der Waals surface area contributed by atoms with E-state index in [-0.39, 0.29) is 5.91 Å². The third kappa shape index (κ3) is 6.03. The molecule has 3 aromatic rings. The molecule has 2 heterocycles. The average molecular weight is 488 g/mol. The van der Waals surface area contributed by atoms with E-state index in [4.69, 9.17) is 26.1 Å². The van der Waals surface area contributed by atoms with Gasteiger partial charge in [-0.05, 0) is 49.6 Å². The predicted octanol–water partition coefficient (Wildman–Crippen LogP) is 4.95. The highest BCUT2D eigenvalue weighted by atomic mass is 35.5. The van der Waals surface area contributed by atoms with E-state index in [0.717, 1.165) is 66.4 Å². The molecular formula is C25H30ClN3O3S. The number of carbonyl (C=O) groups is 1. The second-order valence-electron chi connectivity index (χ2n) is 8.15. The molecule has 2 aromatic carbocycles. The number of anilines is 1. The molecule has 176 valence electrons. The van der Waals surface area contributed by atoms with Crippen molar-refractivity contribution in [3.8, 4) is 5.75 Å². The molecule has 1 aliphatic heterocycles. The standard InChI is InChI=1S/C25H30ClN3O3S/c1-3-32-20-8-6-19(7-9-20)17-22(30)29(12-4-11-28-13-15-31-16-14-28)25-27-23-18(2)5-10-21(26)24(23)33-25/h5-10H,3-4,11-17H2,1-2H3. The molecule has 0 unspecified atom stereocenters. The Bertz CT molecular complexity index is 1040. The van der Waals surface area contributed by atoms with Crippen molar-refractivity contribution in [2.45, 2.75) is 26.7 Å². The summed E-state index contributed by atoms with van der Waals surface area (Å²) in [7, 11) is 0. The van der Waals surface area contributed by atoms with Crippen molar-refractivity contribution >= 4 is 44.2 Å². The van der Waals surface area contributed by atoms with Gasteiger partial charge in [-0.3, -0.25) is 14.6 Å². The number of ether oxygens (including phenoxy) is 2. The molecule has 0 aliphatic carbocycles. The maximum absolute atomic E-state index is 13.4. The molecule has 6 nitrogen and oxygen atoms in total. The van der Waals surface area contributed by atoms with Gasteiger partial charge in [-0.25, -0.2) is 4.98 Å². The van der Waals surface area contributed by atoms with Crippen LogP contribution < -0.4 is 9.64 Å². The number of halogens is 1. The molecule has 0 bridgehead atoms. The van der Waals surface area contributed by atoms with E-state index in [0.29, 0.717) is 29.7 Å². The van der Waals surface area contributed by atoms with Gasteiger partial charge in [0.2, 0.25) is 5.91 Å². The number of benzene rings is 2. The number of rotatable bonds is 9. The monoisotopic (exact) mass is 487 g/mol. The normalized spacial score (nSPS) is 14.5. The summed E-state index contributed by atoms with van der Waals surface area (Å²) < 4.78 is 11.9. The van der Waals surface area contributed by atoms with Crippen molar-refractivity contribution in [1.82, 2.24) is 9.88 Å². The lowest BCUT2D eigenvalue weighted by atomic mass is 10.1. The molecule has 1 amide bonds. The van der Waals surface area contributed by atoms with Gasteiger partial charge in [0.1, 0.15) is 5.75 Å². The minimum Gasteiger partial charge on any atom is -0.494 e. The fraction of sp³-hybridized carbons (Fsp3) is 0.440. The zero-order valence-electron chi connectivity index (χ0n) is 19.2. The minimum absolute atomic E-state index is 0.0361. The molecule has 1 aliphatic rings. The number of hydrogen-bond donors (Lipinski definition) is 0. The molecule has 33 heavy (non-hydrogen) atoms. The first-order valence-corrected chi connectivity index (χ1v) is 12.6. The van der Waals surface area contributed by atoms with Crippen LogP contribution in [0.3, 0.4) is 0 Å². The fourth-order valence-electron chi connectivity index (χ4n) is 3.95. The van der Waals surface area contributed by atoms with Crippen molar-refractivity contribution in [3.05, 3.63) is 52.5 Å². The van der Waals surface area contributed by atoms with E-state index in [2.05, 4.69) is 4.90 Å². The van der Waals surface area contributed by atoms with E-state index >= 15 is 0 Å². The summed E-state index contributed by atoms with van der Waals surface area (Å²) in [4.78, 5) is 22.5. The van der Waals surface area contributed by atoms with Crippen LogP contribution in [0.5, 0.6) is 5.75 Å². The van der Waals surface area contributed by atoms with Gasteiger partial charge in [-0.1, -0.05) is 41.1 Å². The molecule has 4 rings (SSSR count). The van der Waals surface area contributed by atoms with E-state index in [1.165, 1.54) is 11.3 Å². The van der Waals surface area contributed by atoms with Gasteiger partial charge in [0.05, 0.1) is 41.5 Å². The quantitative estimate of drug-likeness (QED) is 0.427. The van der Waals surface area contributed by atoms with Gasteiger partial charge in [0.15, 0.2) is 5.13 Å². The van der Waals surface area contributed by atoms with Crippen molar-refractivity contribution in [2.75, 3.05) is 50.9 Å². The van der Waals surface area contributed by atoms with Gasteiger partial charge in [-0.15, -0.1) is 0 Å². The molecule has 0 radical (unpaired) electrons. The maximum Gasteiger partial charge on any atom is 0.233 e. The lowest BCUT2D eigenvalue weighted by molar-refractivity contribution is -0.118. The zero-order valence-corrected chi connectivity index (χ0v) is 20.8. The van der Waals surface area contributed by atoms with Crippen LogP contribution in [0.25, 0.3) is 10.2 Å². The Morgan fingerprint density at radius 3 is 2.67 bits per heavy atom. The molecule has 0 N–H and O–H groups in total. The van der Waals surface area contributed by atoms with E-state index < -0.39 is 0 Å². The van der Waals surface area contributed by atoms with Gasteiger partial charge in [0, 0.05) is 26.2 Å². The second kappa shape index (κ2) is 11.3. The molecule has 1 fully saturated rings. The van der Waals surface area contributed by atoms with Crippen LogP contribution in [0.15, 0.2) is 36.4 Å². The number of hydrogen-bond acceptors (Lipinski definition) is 6. The largest absolute Gasteiger partial charge is 0.494 e. The van der Waals surface area contributed by atoms with Crippen LogP contribution >= 0.6 is 22.9 Å². The highest BCUT2D eigenvalue weighted by Crippen LogP contribution is 2.36. The topological polar surface area (TPSA) is 54.9 Å². The van der Waals surface area contributed by atoms with Crippen LogP contribution in [0.2, 0.25) is 5.02 Å². The summed E-state index contributed by atoms with van der Waals surface area (Å²) in [6.07, 6.45) is 1.18. The lowest BCUT2D eigenvalue weighted by Gasteiger charge is -2.27. The molecule has 1 saturated heterocycles. The number of thiazole rings is 1. The SMILES string of the molecule is CCOc1ccc(CC(=O)N(CCCN2CCOCC2)c2nc3c(C)ccc(Cl)c3s2)cc1. The number of amides is 1. The van der Waals surface area contributed by atoms with Crippen molar-refractivity contribution in [2.24, 2.45) is 0 Å². The summed E-state index contributed by atoms with van der Waals surface area (Å²) in [5.41, 5.74) is 2.88. The molecule has 0 saturated carbocycles. The Balaban J connectivity index is 1.53. The van der Waals surface area contributed by atoms with E-state index in [9.17, 15) is 4.79 Å². The van der Waals surface area contributed by atoms with Crippen molar-refractivity contribution < 1.29 is 14.3 Å². The average Bonchev–Trinajstić information content (AvgIpc) is 3.28.